The van der Waals surface area contributed by atoms with Gasteiger partial charge in [-0.05, 0) is 124 Å². The Morgan fingerprint density at radius 3 is 2.17 bits per heavy atom. The highest BCUT2D eigenvalue weighted by molar-refractivity contribution is 6.62. The minimum Gasteiger partial charge on any atom is -0.456 e. The number of rotatable bonds is 4. The first-order valence-corrected chi connectivity index (χ1v) is 16.1. The van der Waals surface area contributed by atoms with Crippen LogP contribution in [0.3, 0.4) is 0 Å². The Hall–Kier alpha value is -5.16. The molecule has 0 spiro atoms. The van der Waals surface area contributed by atoms with E-state index in [0.717, 1.165) is 49.3 Å². The minimum atomic E-state index is -0.581. The van der Waals surface area contributed by atoms with Gasteiger partial charge in [0.2, 0.25) is 0 Å². The normalized spacial score (nSPS) is 17.7. The van der Waals surface area contributed by atoms with Gasteiger partial charge in [0.1, 0.15) is 11.2 Å². The zero-order valence-corrected chi connectivity index (χ0v) is 27.0. The zero-order chi connectivity index (χ0) is 38.7. The first kappa shape index (κ1) is 22.4. The van der Waals surface area contributed by atoms with E-state index in [9.17, 15) is 2.74 Å². The third kappa shape index (κ3) is 4.67. The first-order valence-electron chi connectivity index (χ1n) is 19.6. The van der Waals surface area contributed by atoms with Crippen LogP contribution in [0.1, 0.15) is 37.3 Å². The van der Waals surface area contributed by atoms with Crippen LogP contribution >= 0.6 is 0 Å². The molecule has 0 atom stereocenters. The predicted molar refractivity (Wildman–Crippen MR) is 201 cm³/mol. The predicted octanol–water partition coefficient (Wildman–Crippen LogP) is 11.2. The average molecular weight is 630 g/mol. The van der Waals surface area contributed by atoms with Crippen LogP contribution < -0.4 is 5.46 Å². The fourth-order valence-electron chi connectivity index (χ4n) is 6.66. The number of furan rings is 1. The van der Waals surface area contributed by atoms with Gasteiger partial charge < -0.3 is 13.7 Å². The van der Waals surface area contributed by atoms with E-state index < -0.39 is 36.4 Å². The first-order chi connectivity index (χ1) is 26.2. The van der Waals surface area contributed by atoms with E-state index in [-0.39, 0.29) is 51.7 Å². The fraction of sp³-hybridized carbons (Fsp3) is 0.136. The summed E-state index contributed by atoms with van der Waals surface area (Å²) in [5, 5.41) is 3.88. The summed E-state index contributed by atoms with van der Waals surface area (Å²) in [5.74, 6) is 0. The van der Waals surface area contributed by atoms with Gasteiger partial charge in [-0.3, -0.25) is 0 Å². The van der Waals surface area contributed by atoms with Crippen LogP contribution in [-0.2, 0) is 9.31 Å². The fourth-order valence-corrected chi connectivity index (χ4v) is 6.66. The summed E-state index contributed by atoms with van der Waals surface area (Å²) in [6.07, 6.45) is 0. The Kier molecular flexibility index (Phi) is 4.99. The van der Waals surface area contributed by atoms with Gasteiger partial charge in [-0.1, -0.05) is 103 Å². The molecule has 7 aromatic carbocycles. The molecule has 4 heteroatoms. The van der Waals surface area contributed by atoms with Crippen LogP contribution in [0.25, 0.3) is 76.9 Å². The third-order valence-electron chi connectivity index (χ3n) is 9.95. The standard InChI is InChI=1S/C44H35BO3/c1-43(2)44(3,4)48-45(47-43)34-14-9-13-29(24-34)33-23-30-19-20-31(36-17-10-12-28-11-5-6-15-35(28)36)25-38(30)39(27-33)32-21-22-42-40(26-32)37-16-7-8-18-41(37)46-42/h5-27H,1-4H3/i7D,8D,16D,18D,21D,22D,26D. The van der Waals surface area contributed by atoms with Gasteiger partial charge in [-0.15, -0.1) is 0 Å². The van der Waals surface area contributed by atoms with Gasteiger partial charge in [-0.25, -0.2) is 0 Å². The maximum absolute atomic E-state index is 9.65. The van der Waals surface area contributed by atoms with E-state index in [0.29, 0.717) is 5.56 Å². The lowest BCUT2D eigenvalue weighted by atomic mass is 9.77. The molecular formula is C44H35BO3. The molecule has 0 radical (unpaired) electrons. The van der Waals surface area contributed by atoms with Crippen molar-refractivity contribution in [3.05, 3.63) is 139 Å². The maximum Gasteiger partial charge on any atom is 0.494 e. The van der Waals surface area contributed by atoms with E-state index in [4.69, 9.17) is 20.6 Å². The zero-order valence-electron chi connectivity index (χ0n) is 34.0. The Labute approximate surface area is 290 Å². The number of para-hydroxylation sites is 1. The molecular weight excluding hydrogens is 587 g/mol. The topological polar surface area (TPSA) is 31.6 Å². The summed E-state index contributed by atoms with van der Waals surface area (Å²) in [4.78, 5) is 0. The molecule has 1 aliphatic heterocycles. The highest BCUT2D eigenvalue weighted by Gasteiger charge is 2.51. The summed E-state index contributed by atoms with van der Waals surface area (Å²) < 4.78 is 80.7. The van der Waals surface area contributed by atoms with Crippen molar-refractivity contribution in [2.75, 3.05) is 0 Å². The molecule has 0 unspecified atom stereocenters. The van der Waals surface area contributed by atoms with Gasteiger partial charge in [-0.2, -0.15) is 0 Å². The molecule has 0 bridgehead atoms. The van der Waals surface area contributed by atoms with E-state index >= 15 is 0 Å². The summed E-state index contributed by atoms with van der Waals surface area (Å²) in [5.41, 5.74) is 3.88. The highest BCUT2D eigenvalue weighted by atomic mass is 16.7. The highest BCUT2D eigenvalue weighted by Crippen LogP contribution is 2.41. The van der Waals surface area contributed by atoms with Crippen molar-refractivity contribution in [3.63, 3.8) is 0 Å². The van der Waals surface area contributed by atoms with E-state index in [1.165, 1.54) is 0 Å². The largest absolute Gasteiger partial charge is 0.494 e. The molecule has 0 amide bonds. The molecule has 2 heterocycles. The molecule has 3 nitrogen and oxygen atoms in total. The van der Waals surface area contributed by atoms with Crippen LogP contribution in [0.4, 0.5) is 0 Å². The van der Waals surface area contributed by atoms with Gasteiger partial charge in [0.25, 0.3) is 0 Å². The molecule has 0 saturated carbocycles. The maximum atomic E-state index is 9.65. The van der Waals surface area contributed by atoms with Crippen molar-refractivity contribution in [1.29, 1.82) is 0 Å². The number of hydrogen-bond donors (Lipinski definition) is 0. The molecule has 8 aromatic rings. The van der Waals surface area contributed by atoms with Crippen LogP contribution in [0.5, 0.6) is 0 Å². The lowest BCUT2D eigenvalue weighted by Gasteiger charge is -2.32. The van der Waals surface area contributed by atoms with Gasteiger partial charge in [0.15, 0.2) is 0 Å². The Morgan fingerprint density at radius 2 is 1.29 bits per heavy atom. The van der Waals surface area contributed by atoms with E-state index in [1.807, 2.05) is 82.3 Å². The van der Waals surface area contributed by atoms with Gasteiger partial charge in [0, 0.05) is 10.8 Å². The number of fused-ring (bicyclic) bond motifs is 5. The van der Waals surface area contributed by atoms with Crippen LogP contribution in [0.2, 0.25) is 0 Å². The van der Waals surface area contributed by atoms with Crippen molar-refractivity contribution >= 4 is 56.1 Å². The smallest absolute Gasteiger partial charge is 0.456 e. The van der Waals surface area contributed by atoms with Crippen molar-refractivity contribution in [1.82, 2.24) is 0 Å². The quantitative estimate of drug-likeness (QED) is 0.182. The summed E-state index contributed by atoms with van der Waals surface area (Å²) in [6, 6.07) is 30.1. The second-order valence-corrected chi connectivity index (χ2v) is 13.5. The molecule has 9 rings (SSSR count). The second kappa shape index (κ2) is 10.7. The summed E-state index contributed by atoms with van der Waals surface area (Å²) >= 11 is 0. The van der Waals surface area contributed by atoms with Crippen molar-refractivity contribution < 1.29 is 23.3 Å². The van der Waals surface area contributed by atoms with Crippen LogP contribution in [0.15, 0.2) is 144 Å². The number of benzene rings is 7. The van der Waals surface area contributed by atoms with E-state index in [2.05, 4.69) is 42.5 Å². The molecule has 1 fully saturated rings. The lowest BCUT2D eigenvalue weighted by molar-refractivity contribution is 0.00578. The molecule has 1 aromatic heterocycles. The average Bonchev–Trinajstić information content (AvgIpc) is 3.69. The molecule has 0 aliphatic carbocycles. The Bertz CT molecular complexity index is 2910. The summed E-state index contributed by atoms with van der Waals surface area (Å²) in [7, 11) is -0.581. The molecule has 48 heavy (non-hydrogen) atoms. The molecule has 1 aliphatic rings. The van der Waals surface area contributed by atoms with Crippen molar-refractivity contribution in [2.45, 2.75) is 38.9 Å². The Morgan fingerprint density at radius 1 is 0.521 bits per heavy atom. The SMILES string of the molecule is [2H]c1c([2H])c([2H])c2c(oc3c([2H])c([2H])c(-c4cc(-c5cccc(B6OC(C)(C)C(C)(C)O6)c5)cc5ccc(-c6cccc7ccccc67)cc45)c([2H])c32)c1[2H]. The van der Waals surface area contributed by atoms with Gasteiger partial charge >= 0.3 is 7.12 Å². The number of hydrogen-bond acceptors (Lipinski definition) is 3. The van der Waals surface area contributed by atoms with E-state index in [1.54, 1.807) is 0 Å². The minimum absolute atomic E-state index is 0.0211. The monoisotopic (exact) mass is 629 g/mol. The third-order valence-corrected chi connectivity index (χ3v) is 9.95. The molecule has 1 saturated heterocycles. The van der Waals surface area contributed by atoms with Gasteiger partial charge in [0.05, 0.1) is 20.8 Å². The molecule has 232 valence electrons. The van der Waals surface area contributed by atoms with Crippen molar-refractivity contribution in [2.24, 2.45) is 0 Å². The lowest BCUT2D eigenvalue weighted by Crippen LogP contribution is -2.41. The summed E-state index contributed by atoms with van der Waals surface area (Å²) in [6.45, 7) is 8.06. The second-order valence-electron chi connectivity index (χ2n) is 13.5. The van der Waals surface area contributed by atoms with Crippen LogP contribution in [0, 0.1) is 0 Å². The molecule has 0 N–H and O–H groups in total. The van der Waals surface area contributed by atoms with Crippen molar-refractivity contribution in [3.8, 4) is 33.4 Å². The Balaban J connectivity index is 1.33. The van der Waals surface area contributed by atoms with Crippen LogP contribution in [-0.4, -0.2) is 18.3 Å².